The van der Waals surface area contributed by atoms with Crippen LogP contribution in [-0.2, 0) is 28.6 Å². The topological polar surface area (TPSA) is 90.9 Å². The fraction of sp³-hybridized carbons (Fsp3) is 0.893. The van der Waals surface area contributed by atoms with Gasteiger partial charge in [0, 0.05) is 19.4 Å². The molecule has 0 aliphatic carbocycles. The van der Waals surface area contributed by atoms with E-state index in [1.807, 2.05) is 0 Å². The molecule has 0 saturated carbocycles. The second kappa shape index (κ2) is 25.5. The van der Waals surface area contributed by atoms with Crippen LogP contribution in [0.3, 0.4) is 0 Å². The number of carbonyl (C=O) groups is 3. The van der Waals surface area contributed by atoms with Crippen molar-refractivity contribution in [1.82, 2.24) is 5.32 Å². The molecule has 0 atom stereocenters. The number of nitrogens with one attached hydrogen (secondary N) is 1. The van der Waals surface area contributed by atoms with Gasteiger partial charge in [0.15, 0.2) is 0 Å². The van der Waals surface area contributed by atoms with Crippen molar-refractivity contribution in [3.8, 4) is 0 Å². The number of hydrogen-bond donors (Lipinski definition) is 1. The van der Waals surface area contributed by atoms with Gasteiger partial charge in [0.1, 0.15) is 19.8 Å². The highest BCUT2D eigenvalue weighted by atomic mass is 16.6. The molecule has 0 bridgehead atoms. The lowest BCUT2D eigenvalue weighted by atomic mass is 10.1. The van der Waals surface area contributed by atoms with Crippen LogP contribution in [0.25, 0.3) is 0 Å². The summed E-state index contributed by atoms with van der Waals surface area (Å²) < 4.78 is 16.2. The Hall–Kier alpha value is -1.63. The van der Waals surface area contributed by atoms with Crippen LogP contribution in [0.2, 0.25) is 0 Å². The SMILES string of the molecule is CCCCCCCCC(=O)OCC(COC(=O)CCCCCCCC)COC(=O)CCNCCC. The molecule has 0 aliphatic heterocycles. The quantitative estimate of drug-likeness (QED) is 0.0918. The van der Waals surface area contributed by atoms with E-state index < -0.39 is 0 Å². The maximum Gasteiger partial charge on any atom is 0.307 e. The van der Waals surface area contributed by atoms with E-state index in [1.165, 1.54) is 38.5 Å². The number of carbonyl (C=O) groups excluding carboxylic acids is 3. The van der Waals surface area contributed by atoms with Crippen molar-refractivity contribution in [2.75, 3.05) is 32.9 Å². The third-order valence-corrected chi connectivity index (χ3v) is 5.84. The van der Waals surface area contributed by atoms with Gasteiger partial charge < -0.3 is 19.5 Å². The van der Waals surface area contributed by atoms with Crippen LogP contribution in [0.15, 0.2) is 0 Å². The van der Waals surface area contributed by atoms with Gasteiger partial charge in [-0.2, -0.15) is 0 Å². The molecule has 206 valence electrons. The molecule has 0 fully saturated rings. The summed E-state index contributed by atoms with van der Waals surface area (Å²) in [7, 11) is 0. The molecule has 0 unspecified atom stereocenters. The van der Waals surface area contributed by atoms with E-state index in [4.69, 9.17) is 14.2 Å². The predicted molar refractivity (Wildman–Crippen MR) is 140 cm³/mol. The molecule has 7 nitrogen and oxygen atoms in total. The molecule has 0 aromatic rings. The molecule has 7 heteroatoms. The normalized spacial score (nSPS) is 11.0. The summed E-state index contributed by atoms with van der Waals surface area (Å²) in [5.41, 5.74) is 0. The molecule has 0 aliphatic rings. The highest BCUT2D eigenvalue weighted by molar-refractivity contribution is 5.70. The Morgan fingerprint density at radius 1 is 0.514 bits per heavy atom. The molecule has 0 aromatic carbocycles. The van der Waals surface area contributed by atoms with Gasteiger partial charge in [0.05, 0.1) is 12.3 Å². The van der Waals surface area contributed by atoms with Crippen LogP contribution in [0.1, 0.15) is 124 Å². The van der Waals surface area contributed by atoms with Crippen LogP contribution in [0.5, 0.6) is 0 Å². The molecule has 0 radical (unpaired) electrons. The third kappa shape index (κ3) is 23.9. The van der Waals surface area contributed by atoms with Crippen molar-refractivity contribution in [2.45, 2.75) is 124 Å². The lowest BCUT2D eigenvalue weighted by Gasteiger charge is -2.17. The van der Waals surface area contributed by atoms with Crippen molar-refractivity contribution in [3.63, 3.8) is 0 Å². The fourth-order valence-corrected chi connectivity index (χ4v) is 3.58. The molecule has 1 N–H and O–H groups in total. The fourth-order valence-electron chi connectivity index (χ4n) is 3.58. The maximum atomic E-state index is 12.1. The van der Waals surface area contributed by atoms with Crippen molar-refractivity contribution in [3.05, 3.63) is 0 Å². The highest BCUT2D eigenvalue weighted by Gasteiger charge is 2.17. The molecule has 0 heterocycles. The summed E-state index contributed by atoms with van der Waals surface area (Å²) in [6, 6.07) is 0. The number of esters is 3. The Morgan fingerprint density at radius 2 is 0.914 bits per heavy atom. The minimum Gasteiger partial charge on any atom is -0.465 e. The Bertz CT molecular complexity index is 494. The Balaban J connectivity index is 4.33. The number of hydrogen-bond acceptors (Lipinski definition) is 7. The van der Waals surface area contributed by atoms with Crippen LogP contribution in [0, 0.1) is 5.92 Å². The van der Waals surface area contributed by atoms with Crippen molar-refractivity contribution in [1.29, 1.82) is 0 Å². The van der Waals surface area contributed by atoms with Gasteiger partial charge in [0.25, 0.3) is 0 Å². The van der Waals surface area contributed by atoms with E-state index in [9.17, 15) is 14.4 Å². The Kier molecular flexibility index (Phi) is 24.3. The van der Waals surface area contributed by atoms with Gasteiger partial charge in [-0.1, -0.05) is 85.0 Å². The average Bonchev–Trinajstić information content (AvgIpc) is 2.85. The zero-order valence-electron chi connectivity index (χ0n) is 22.9. The largest absolute Gasteiger partial charge is 0.465 e. The summed E-state index contributed by atoms with van der Waals surface area (Å²) >= 11 is 0. The summed E-state index contributed by atoms with van der Waals surface area (Å²) in [5, 5.41) is 3.17. The standard InChI is InChI=1S/C28H53NO6/c1-4-7-9-11-13-15-17-26(30)33-22-25(24-35-28(32)19-21-29-20-6-3)23-34-27(31)18-16-14-12-10-8-5-2/h25,29H,4-24H2,1-3H3. The van der Waals surface area contributed by atoms with Gasteiger partial charge in [-0.25, -0.2) is 0 Å². The second-order valence-electron chi connectivity index (χ2n) is 9.45. The lowest BCUT2D eigenvalue weighted by Crippen LogP contribution is -2.27. The summed E-state index contributed by atoms with van der Waals surface area (Å²) in [5.74, 6) is -1.17. The molecule has 35 heavy (non-hydrogen) atoms. The third-order valence-electron chi connectivity index (χ3n) is 5.84. The van der Waals surface area contributed by atoms with Gasteiger partial charge in [-0.3, -0.25) is 14.4 Å². The van der Waals surface area contributed by atoms with Gasteiger partial charge in [-0.15, -0.1) is 0 Å². The number of rotatable bonds is 25. The van der Waals surface area contributed by atoms with Gasteiger partial charge in [-0.05, 0) is 25.8 Å². The van der Waals surface area contributed by atoms with Crippen LogP contribution >= 0.6 is 0 Å². The monoisotopic (exact) mass is 499 g/mol. The smallest absolute Gasteiger partial charge is 0.307 e. The van der Waals surface area contributed by atoms with Gasteiger partial charge >= 0.3 is 17.9 Å². The van der Waals surface area contributed by atoms with Crippen LogP contribution < -0.4 is 5.32 Å². The summed E-state index contributed by atoms with van der Waals surface area (Å²) in [4.78, 5) is 36.2. The number of ether oxygens (including phenoxy) is 3. The minimum atomic E-state index is -0.357. The molecule has 0 spiro atoms. The molecule has 0 saturated heterocycles. The van der Waals surface area contributed by atoms with Gasteiger partial charge in [0.2, 0.25) is 0 Å². The van der Waals surface area contributed by atoms with Crippen LogP contribution in [0.4, 0.5) is 0 Å². The molecular formula is C28H53NO6. The van der Waals surface area contributed by atoms with E-state index in [-0.39, 0.29) is 50.1 Å². The van der Waals surface area contributed by atoms with Crippen molar-refractivity contribution >= 4 is 17.9 Å². The van der Waals surface area contributed by atoms with E-state index in [0.29, 0.717) is 19.4 Å². The molecule has 0 rings (SSSR count). The first-order chi connectivity index (χ1) is 17.0. The average molecular weight is 500 g/mol. The molecule has 0 aromatic heterocycles. The van der Waals surface area contributed by atoms with E-state index >= 15 is 0 Å². The Labute approximate surface area is 214 Å². The zero-order valence-corrected chi connectivity index (χ0v) is 22.9. The Morgan fingerprint density at radius 3 is 1.34 bits per heavy atom. The number of unbranched alkanes of at least 4 members (excludes halogenated alkanes) is 10. The lowest BCUT2D eigenvalue weighted by molar-refractivity contribution is -0.153. The highest BCUT2D eigenvalue weighted by Crippen LogP contribution is 2.10. The van der Waals surface area contributed by atoms with Crippen molar-refractivity contribution in [2.24, 2.45) is 5.92 Å². The second-order valence-corrected chi connectivity index (χ2v) is 9.45. The van der Waals surface area contributed by atoms with Crippen LogP contribution in [-0.4, -0.2) is 50.8 Å². The first-order valence-corrected chi connectivity index (χ1v) is 14.2. The maximum absolute atomic E-state index is 12.1. The minimum absolute atomic E-state index is 0.0706. The van der Waals surface area contributed by atoms with E-state index in [2.05, 4.69) is 26.1 Å². The molecular weight excluding hydrogens is 446 g/mol. The van der Waals surface area contributed by atoms with E-state index in [1.54, 1.807) is 0 Å². The zero-order chi connectivity index (χ0) is 26.0. The van der Waals surface area contributed by atoms with E-state index in [0.717, 1.165) is 51.5 Å². The first kappa shape index (κ1) is 33.4. The van der Waals surface area contributed by atoms with Crippen molar-refractivity contribution < 1.29 is 28.6 Å². The first-order valence-electron chi connectivity index (χ1n) is 14.2. The predicted octanol–water partition coefficient (Wildman–Crippen LogP) is 6.12. The summed E-state index contributed by atoms with van der Waals surface area (Å²) in [6.07, 6.45) is 15.3. The summed E-state index contributed by atoms with van der Waals surface area (Å²) in [6.45, 7) is 8.09. The molecule has 0 amide bonds.